The molecule has 3 nitrogen and oxygen atoms in total. The van der Waals surface area contributed by atoms with Gasteiger partial charge in [-0.2, -0.15) is 0 Å². The van der Waals surface area contributed by atoms with E-state index in [2.05, 4.69) is 224 Å². The van der Waals surface area contributed by atoms with Crippen molar-refractivity contribution in [3.05, 3.63) is 186 Å². The molecule has 0 spiro atoms. The number of para-hydroxylation sites is 1. The fourth-order valence-electron chi connectivity index (χ4n) is 11.6. The highest BCUT2D eigenvalue weighted by atomic mass is 15.2. The van der Waals surface area contributed by atoms with Gasteiger partial charge < -0.3 is 0 Å². The first-order valence-electron chi connectivity index (χ1n) is 22.5. The van der Waals surface area contributed by atoms with E-state index in [0.29, 0.717) is 5.95 Å². The van der Waals surface area contributed by atoms with Gasteiger partial charge in [0.05, 0.1) is 22.2 Å². The molecule has 8 aromatic carbocycles. The summed E-state index contributed by atoms with van der Waals surface area (Å²) in [5.41, 5.74) is 18.4. The number of hydrogen-bond acceptors (Lipinski definition) is 2. The van der Waals surface area contributed by atoms with Crippen LogP contribution in [0.3, 0.4) is 0 Å². The summed E-state index contributed by atoms with van der Waals surface area (Å²) in [4.78, 5) is 10.9. The molecule has 0 aliphatic heterocycles. The molecule has 2 aliphatic carbocycles. The zero-order valence-electron chi connectivity index (χ0n) is 37.4. The van der Waals surface area contributed by atoms with Gasteiger partial charge in [0.15, 0.2) is 0 Å². The molecule has 0 fully saturated rings. The SMILES string of the molecule is CC1(C)c2ccccc2-c2ccc(-c3cc4c(cc3-c3ccc5c(c3)c3ccccc3n5-c3nc(-c5ccccc5)c5ccc6ccccc6c5n3)C(C)(C)C(C)(C)C4(C)C)cc21. The maximum Gasteiger partial charge on any atom is 0.235 e. The van der Waals surface area contributed by atoms with Gasteiger partial charge in [0.25, 0.3) is 0 Å². The van der Waals surface area contributed by atoms with E-state index in [1.54, 1.807) is 0 Å². The quantitative estimate of drug-likeness (QED) is 0.166. The van der Waals surface area contributed by atoms with Gasteiger partial charge in [-0.3, -0.25) is 4.57 Å². The second-order valence-electron chi connectivity index (χ2n) is 20.3. The highest BCUT2D eigenvalue weighted by molar-refractivity contribution is 6.12. The van der Waals surface area contributed by atoms with E-state index in [-0.39, 0.29) is 21.7 Å². The third kappa shape index (κ3) is 5.08. The number of benzene rings is 8. The molecule has 0 unspecified atom stereocenters. The minimum atomic E-state index is -0.0969. The molecule has 0 N–H and O–H groups in total. The number of rotatable bonds is 4. The van der Waals surface area contributed by atoms with Crippen molar-refractivity contribution in [1.82, 2.24) is 14.5 Å². The first-order valence-corrected chi connectivity index (χ1v) is 22.5. The number of nitrogens with zero attached hydrogens (tertiary/aromatic N) is 3. The molecule has 0 atom stereocenters. The second kappa shape index (κ2) is 12.9. The lowest BCUT2D eigenvalue weighted by atomic mass is 9.59. The highest BCUT2D eigenvalue weighted by Crippen LogP contribution is 2.63. The first kappa shape index (κ1) is 37.9. The van der Waals surface area contributed by atoms with E-state index in [9.17, 15) is 0 Å². The van der Waals surface area contributed by atoms with Gasteiger partial charge in [0.2, 0.25) is 5.95 Å². The summed E-state index contributed by atoms with van der Waals surface area (Å²) in [6.45, 7) is 19.5. The van der Waals surface area contributed by atoms with Gasteiger partial charge in [-0.1, -0.05) is 177 Å². The van der Waals surface area contributed by atoms with Crippen LogP contribution in [0.25, 0.3) is 94.1 Å². The maximum atomic E-state index is 5.46. The van der Waals surface area contributed by atoms with Crippen molar-refractivity contribution >= 4 is 43.5 Å². The molecule has 63 heavy (non-hydrogen) atoms. The molecule has 0 radical (unpaired) electrons. The monoisotopic (exact) mass is 813 g/mol. The molecule has 2 aliphatic rings. The van der Waals surface area contributed by atoms with Crippen LogP contribution < -0.4 is 0 Å². The topological polar surface area (TPSA) is 30.7 Å². The fourth-order valence-corrected chi connectivity index (χ4v) is 11.6. The predicted molar refractivity (Wildman–Crippen MR) is 265 cm³/mol. The third-order valence-electron chi connectivity index (χ3n) is 16.3. The van der Waals surface area contributed by atoms with Gasteiger partial charge in [-0.25, -0.2) is 9.97 Å². The van der Waals surface area contributed by atoms with E-state index >= 15 is 0 Å². The standard InChI is InChI=1S/C60H51N3/c1-57(2)48-24-16-14-22-41(48)42-29-27-39(33-49(42)57)46-35-51-50(58(3,4)60(7,8)59(51,5)6)34-45(46)38-28-31-53-47(32-38)43-23-15-17-25-52(43)63(53)56-61-54(37-19-10-9-11-20-37)44-30-26-36-18-12-13-21-40(36)55(44)62-56/h9-35H,1-8H3. The summed E-state index contributed by atoms with van der Waals surface area (Å²) in [6, 6.07) is 60.6. The summed E-state index contributed by atoms with van der Waals surface area (Å²) >= 11 is 0. The Morgan fingerprint density at radius 1 is 0.381 bits per heavy atom. The first-order chi connectivity index (χ1) is 30.3. The Kier molecular flexibility index (Phi) is 7.73. The van der Waals surface area contributed by atoms with Crippen LogP contribution in [-0.4, -0.2) is 14.5 Å². The van der Waals surface area contributed by atoms with Crippen molar-refractivity contribution in [3.8, 4) is 50.6 Å². The van der Waals surface area contributed by atoms with Gasteiger partial charge >= 0.3 is 0 Å². The molecule has 12 rings (SSSR count). The molecular formula is C60H51N3. The van der Waals surface area contributed by atoms with Crippen LogP contribution in [0.15, 0.2) is 164 Å². The summed E-state index contributed by atoms with van der Waals surface area (Å²) in [5.74, 6) is 0.669. The van der Waals surface area contributed by atoms with Crippen LogP contribution in [0, 0.1) is 5.41 Å². The second-order valence-corrected chi connectivity index (χ2v) is 20.3. The third-order valence-corrected chi connectivity index (χ3v) is 16.3. The molecule has 306 valence electrons. The van der Waals surface area contributed by atoms with Crippen LogP contribution in [0.4, 0.5) is 0 Å². The minimum Gasteiger partial charge on any atom is -0.278 e. The van der Waals surface area contributed by atoms with E-state index in [0.717, 1.165) is 44.0 Å². The highest BCUT2D eigenvalue weighted by Gasteiger charge is 2.57. The molecule has 10 aromatic rings. The zero-order valence-corrected chi connectivity index (χ0v) is 37.4. The Morgan fingerprint density at radius 3 is 1.75 bits per heavy atom. The Hall–Kier alpha value is -6.84. The van der Waals surface area contributed by atoms with Crippen molar-refractivity contribution in [2.24, 2.45) is 5.41 Å². The van der Waals surface area contributed by atoms with Gasteiger partial charge in [-0.15, -0.1) is 0 Å². The Morgan fingerprint density at radius 2 is 0.984 bits per heavy atom. The smallest absolute Gasteiger partial charge is 0.235 e. The Balaban J connectivity index is 1.11. The largest absolute Gasteiger partial charge is 0.278 e. The molecule has 0 bridgehead atoms. The predicted octanol–water partition coefficient (Wildman–Crippen LogP) is 15.8. The lowest BCUT2D eigenvalue weighted by Gasteiger charge is -2.44. The zero-order chi connectivity index (χ0) is 43.2. The van der Waals surface area contributed by atoms with Crippen LogP contribution in [0.1, 0.15) is 77.6 Å². The molecule has 2 heterocycles. The molecule has 0 saturated carbocycles. The fraction of sp³-hybridized carbons (Fsp3) is 0.200. The summed E-state index contributed by atoms with van der Waals surface area (Å²) in [6.07, 6.45) is 0. The van der Waals surface area contributed by atoms with E-state index in [1.165, 1.54) is 66.4 Å². The molecule has 0 saturated heterocycles. The molecule has 0 amide bonds. The number of fused-ring (bicyclic) bond motifs is 10. The number of hydrogen-bond donors (Lipinski definition) is 0. The molecule has 3 heteroatoms. The normalized spacial score (nSPS) is 16.4. The summed E-state index contributed by atoms with van der Waals surface area (Å²) in [5, 5.41) is 5.69. The van der Waals surface area contributed by atoms with Gasteiger partial charge in [0.1, 0.15) is 0 Å². The van der Waals surface area contributed by atoms with Crippen LogP contribution in [0.2, 0.25) is 0 Å². The average molecular weight is 814 g/mol. The Bertz CT molecular complexity index is 3560. The van der Waals surface area contributed by atoms with Gasteiger partial charge in [0, 0.05) is 32.5 Å². The molecule has 2 aromatic heterocycles. The van der Waals surface area contributed by atoms with Crippen molar-refractivity contribution in [2.45, 2.75) is 71.6 Å². The van der Waals surface area contributed by atoms with Crippen molar-refractivity contribution in [3.63, 3.8) is 0 Å². The maximum absolute atomic E-state index is 5.46. The van der Waals surface area contributed by atoms with Crippen LogP contribution in [-0.2, 0) is 16.2 Å². The average Bonchev–Trinajstić information content (AvgIpc) is 3.79. The van der Waals surface area contributed by atoms with Gasteiger partial charge in [-0.05, 0) is 120 Å². The van der Waals surface area contributed by atoms with Crippen molar-refractivity contribution in [1.29, 1.82) is 0 Å². The van der Waals surface area contributed by atoms with E-state index < -0.39 is 0 Å². The van der Waals surface area contributed by atoms with Crippen molar-refractivity contribution in [2.75, 3.05) is 0 Å². The van der Waals surface area contributed by atoms with E-state index in [1.807, 2.05) is 0 Å². The minimum absolute atomic E-state index is 0.0287. The van der Waals surface area contributed by atoms with Crippen LogP contribution >= 0.6 is 0 Å². The van der Waals surface area contributed by atoms with Crippen LogP contribution in [0.5, 0.6) is 0 Å². The number of aromatic nitrogens is 3. The summed E-state index contributed by atoms with van der Waals surface area (Å²) in [7, 11) is 0. The van der Waals surface area contributed by atoms with E-state index in [4.69, 9.17) is 9.97 Å². The Labute approximate surface area is 370 Å². The lowest BCUT2D eigenvalue weighted by molar-refractivity contribution is 0.125. The molecular weight excluding hydrogens is 763 g/mol. The van der Waals surface area contributed by atoms with Crippen molar-refractivity contribution < 1.29 is 0 Å². The lowest BCUT2D eigenvalue weighted by Crippen LogP contribution is -2.42. The summed E-state index contributed by atoms with van der Waals surface area (Å²) < 4.78 is 2.28.